The van der Waals surface area contributed by atoms with Gasteiger partial charge in [-0.3, -0.25) is 4.79 Å². The lowest BCUT2D eigenvalue weighted by Gasteiger charge is -2.21. The summed E-state index contributed by atoms with van der Waals surface area (Å²) >= 11 is 1.70. The van der Waals surface area contributed by atoms with Crippen molar-refractivity contribution in [2.45, 2.75) is 26.2 Å². The molecule has 0 aromatic rings. The van der Waals surface area contributed by atoms with Crippen molar-refractivity contribution in [2.24, 2.45) is 21.8 Å². The molecule has 3 aliphatic rings. The topological polar surface area (TPSA) is 41.8 Å². The fourth-order valence-electron chi connectivity index (χ4n) is 2.41. The molecule has 2 aliphatic heterocycles. The van der Waals surface area contributed by atoms with Gasteiger partial charge in [-0.05, 0) is 35.7 Å². The van der Waals surface area contributed by atoms with Crippen LogP contribution in [0, 0.1) is 11.8 Å². The Bertz CT molecular complexity index is 422. The first-order valence-electron chi connectivity index (χ1n) is 5.29. The highest BCUT2D eigenvalue weighted by Gasteiger charge is 2.40. The smallest absolute Gasteiger partial charge is 0.261 e. The number of fused-ring (bicyclic) bond motifs is 2. The maximum Gasteiger partial charge on any atom is 0.261 e. The summed E-state index contributed by atoms with van der Waals surface area (Å²) in [5, 5.41) is 0.953. The van der Waals surface area contributed by atoms with Crippen LogP contribution in [-0.4, -0.2) is 17.3 Å². The summed E-state index contributed by atoms with van der Waals surface area (Å²) in [7, 11) is 0. The number of carbonyl (C=O) groups is 1. The Morgan fingerprint density at radius 3 is 3.27 bits per heavy atom. The fourth-order valence-corrected chi connectivity index (χ4v) is 3.84. The summed E-state index contributed by atoms with van der Waals surface area (Å²) in [5.74, 6) is 0.613. The number of hydrogen-bond acceptors (Lipinski definition) is 3. The minimum absolute atomic E-state index is 0.0212. The number of carbonyl (C=O) groups excluding carboxylic acids is 1. The Labute approximate surface area is 92.8 Å². The Balaban J connectivity index is 1.99. The van der Waals surface area contributed by atoms with Gasteiger partial charge in [0.15, 0.2) is 0 Å². The van der Waals surface area contributed by atoms with E-state index in [0.717, 1.165) is 23.8 Å². The molecule has 2 unspecified atom stereocenters. The minimum Gasteiger partial charge on any atom is -0.271 e. The molecule has 3 rings (SSSR count). The molecule has 3 nitrogen and oxygen atoms in total. The average molecular weight is 220 g/mol. The molecule has 0 bridgehead atoms. The van der Waals surface area contributed by atoms with E-state index in [9.17, 15) is 4.79 Å². The largest absolute Gasteiger partial charge is 0.271 e. The molecular weight excluding hydrogens is 208 g/mol. The second kappa shape index (κ2) is 3.30. The standard InChI is InChI=1S/C11H12N2OS/c1-6-2-3-7-8(4-6)15-11-9(7)10(14)12-5-13-11/h5-6,9H,2-4H2,1H3. The van der Waals surface area contributed by atoms with E-state index in [2.05, 4.69) is 16.9 Å². The third kappa shape index (κ3) is 1.39. The van der Waals surface area contributed by atoms with Crippen molar-refractivity contribution in [1.29, 1.82) is 0 Å². The van der Waals surface area contributed by atoms with E-state index in [-0.39, 0.29) is 11.8 Å². The third-order valence-corrected chi connectivity index (χ3v) is 4.46. The van der Waals surface area contributed by atoms with Gasteiger partial charge in [-0.2, -0.15) is 0 Å². The SMILES string of the molecule is CC1CCC2=C(C1)SC1=NC=NC(=O)C12. The summed E-state index contributed by atoms with van der Waals surface area (Å²) in [5.41, 5.74) is 1.30. The quantitative estimate of drug-likeness (QED) is 0.629. The Kier molecular flexibility index (Phi) is 2.06. The van der Waals surface area contributed by atoms with Crippen LogP contribution in [-0.2, 0) is 4.79 Å². The first kappa shape index (κ1) is 9.33. The average Bonchev–Trinajstić information content (AvgIpc) is 2.56. The van der Waals surface area contributed by atoms with E-state index >= 15 is 0 Å². The van der Waals surface area contributed by atoms with Crippen LogP contribution in [0.4, 0.5) is 0 Å². The molecule has 2 heterocycles. The van der Waals surface area contributed by atoms with Gasteiger partial charge in [0.25, 0.3) is 5.91 Å². The Hall–Kier alpha value is -0.900. The molecule has 0 spiro atoms. The van der Waals surface area contributed by atoms with Crippen LogP contribution < -0.4 is 0 Å². The maximum atomic E-state index is 11.7. The molecule has 4 heteroatoms. The molecule has 78 valence electrons. The van der Waals surface area contributed by atoms with Gasteiger partial charge >= 0.3 is 0 Å². The minimum atomic E-state index is -0.109. The van der Waals surface area contributed by atoms with Crippen molar-refractivity contribution in [1.82, 2.24) is 0 Å². The summed E-state index contributed by atoms with van der Waals surface area (Å²) in [6.45, 7) is 2.27. The summed E-state index contributed by atoms with van der Waals surface area (Å²) < 4.78 is 0. The van der Waals surface area contributed by atoms with E-state index in [1.807, 2.05) is 0 Å². The van der Waals surface area contributed by atoms with E-state index in [0.29, 0.717) is 0 Å². The van der Waals surface area contributed by atoms with E-state index in [1.165, 1.54) is 23.2 Å². The molecule has 0 N–H and O–H groups in total. The molecule has 0 aromatic carbocycles. The van der Waals surface area contributed by atoms with E-state index in [4.69, 9.17) is 0 Å². The number of thioether (sulfide) groups is 1. The van der Waals surface area contributed by atoms with Gasteiger partial charge in [0, 0.05) is 0 Å². The third-order valence-electron chi connectivity index (χ3n) is 3.24. The lowest BCUT2D eigenvalue weighted by molar-refractivity contribution is -0.118. The highest BCUT2D eigenvalue weighted by Crippen LogP contribution is 2.48. The molecule has 0 fully saturated rings. The molecule has 15 heavy (non-hydrogen) atoms. The molecule has 0 saturated carbocycles. The molecule has 2 atom stereocenters. The Morgan fingerprint density at radius 1 is 1.53 bits per heavy atom. The van der Waals surface area contributed by atoms with Crippen molar-refractivity contribution in [3.63, 3.8) is 0 Å². The van der Waals surface area contributed by atoms with Crippen LogP contribution in [0.2, 0.25) is 0 Å². The van der Waals surface area contributed by atoms with Crippen molar-refractivity contribution < 1.29 is 4.79 Å². The predicted molar refractivity (Wildman–Crippen MR) is 62.1 cm³/mol. The molecular formula is C11H12N2OS. The number of hydrogen-bond donors (Lipinski definition) is 0. The van der Waals surface area contributed by atoms with Gasteiger partial charge in [-0.15, -0.1) is 0 Å². The lowest BCUT2D eigenvalue weighted by atomic mass is 9.84. The van der Waals surface area contributed by atoms with E-state index in [1.54, 1.807) is 11.8 Å². The molecule has 0 saturated heterocycles. The van der Waals surface area contributed by atoms with Crippen LogP contribution >= 0.6 is 11.8 Å². The van der Waals surface area contributed by atoms with Crippen LogP contribution in [0.5, 0.6) is 0 Å². The van der Waals surface area contributed by atoms with Crippen molar-refractivity contribution in [3.05, 3.63) is 10.5 Å². The monoisotopic (exact) mass is 220 g/mol. The van der Waals surface area contributed by atoms with Gasteiger partial charge in [0.1, 0.15) is 12.3 Å². The second-order valence-corrected chi connectivity index (χ2v) is 5.50. The number of rotatable bonds is 0. The van der Waals surface area contributed by atoms with Crippen LogP contribution in [0.15, 0.2) is 20.5 Å². The van der Waals surface area contributed by atoms with E-state index < -0.39 is 0 Å². The van der Waals surface area contributed by atoms with Crippen LogP contribution in [0.25, 0.3) is 0 Å². The highest BCUT2D eigenvalue weighted by molar-refractivity contribution is 8.17. The van der Waals surface area contributed by atoms with Crippen LogP contribution in [0.3, 0.4) is 0 Å². The van der Waals surface area contributed by atoms with Gasteiger partial charge < -0.3 is 0 Å². The number of nitrogens with zero attached hydrogens (tertiary/aromatic N) is 2. The first-order valence-corrected chi connectivity index (χ1v) is 6.11. The van der Waals surface area contributed by atoms with Crippen molar-refractivity contribution in [3.8, 4) is 0 Å². The van der Waals surface area contributed by atoms with Gasteiger partial charge in [0.2, 0.25) is 0 Å². The van der Waals surface area contributed by atoms with Gasteiger partial charge in [0.05, 0.1) is 5.04 Å². The molecule has 0 radical (unpaired) electrons. The van der Waals surface area contributed by atoms with Crippen molar-refractivity contribution in [2.75, 3.05) is 0 Å². The van der Waals surface area contributed by atoms with Crippen LogP contribution in [0.1, 0.15) is 26.2 Å². The first-order chi connectivity index (χ1) is 7.25. The zero-order chi connectivity index (χ0) is 10.4. The number of amides is 1. The highest BCUT2D eigenvalue weighted by atomic mass is 32.2. The molecule has 1 aliphatic carbocycles. The molecule has 0 aromatic heterocycles. The zero-order valence-electron chi connectivity index (χ0n) is 8.56. The Morgan fingerprint density at radius 2 is 2.40 bits per heavy atom. The normalized spacial score (nSPS) is 33.9. The summed E-state index contributed by atoms with van der Waals surface area (Å²) in [6, 6.07) is 0. The fraction of sp³-hybridized carbons (Fsp3) is 0.545. The number of allylic oxidation sites excluding steroid dienone is 1. The summed E-state index contributed by atoms with van der Waals surface area (Å²) in [4.78, 5) is 21.1. The van der Waals surface area contributed by atoms with Gasteiger partial charge in [-0.25, -0.2) is 9.98 Å². The zero-order valence-corrected chi connectivity index (χ0v) is 9.38. The van der Waals surface area contributed by atoms with Crippen molar-refractivity contribution >= 4 is 29.1 Å². The second-order valence-electron chi connectivity index (χ2n) is 4.38. The maximum absolute atomic E-state index is 11.7. The van der Waals surface area contributed by atoms with Gasteiger partial charge in [-0.1, -0.05) is 18.7 Å². The number of aliphatic imine (C=N–C) groups is 2. The summed E-state index contributed by atoms with van der Waals surface area (Å²) in [6.07, 6.45) is 4.75. The lowest BCUT2D eigenvalue weighted by Crippen LogP contribution is -2.23. The molecule has 1 amide bonds. The predicted octanol–water partition coefficient (Wildman–Crippen LogP) is 2.39.